The molecule has 0 bridgehead atoms. The van der Waals surface area contributed by atoms with E-state index in [1.807, 2.05) is 4.68 Å². The minimum absolute atomic E-state index is 0.0254. The highest BCUT2D eigenvalue weighted by Crippen LogP contribution is 2.32. The molecule has 11 heteroatoms. The van der Waals surface area contributed by atoms with Gasteiger partial charge >= 0.3 is 6.18 Å². The van der Waals surface area contributed by atoms with Gasteiger partial charge in [-0.3, -0.25) is 4.79 Å². The molecule has 7 nitrogen and oxygen atoms in total. The van der Waals surface area contributed by atoms with E-state index in [4.69, 9.17) is 11.6 Å². The summed E-state index contributed by atoms with van der Waals surface area (Å²) in [5.41, 5.74) is -0.913. The molecule has 1 saturated heterocycles. The van der Waals surface area contributed by atoms with Crippen molar-refractivity contribution in [2.45, 2.75) is 31.5 Å². The zero-order valence-electron chi connectivity index (χ0n) is 14.3. The largest absolute Gasteiger partial charge is 0.417 e. The molecular weight excluding hydrogens is 385 g/mol. The standard InChI is InChI=1S/C16H18ClF3N6O/c17-13-7-11(16(18,19)20)8-23-15(13)22-4-1-14(27)25-5-2-12(3-6-25)26-10-21-9-24-26/h7-10,12H,1-6H2,(H,22,23). The highest BCUT2D eigenvalue weighted by molar-refractivity contribution is 6.32. The molecule has 0 aromatic carbocycles. The molecule has 1 fully saturated rings. The predicted octanol–water partition coefficient (Wildman–Crippen LogP) is 3.01. The number of carbonyl (C=O) groups excluding carboxylic acids is 1. The van der Waals surface area contributed by atoms with Gasteiger partial charge in [0.2, 0.25) is 5.91 Å². The average molecular weight is 403 g/mol. The SMILES string of the molecule is O=C(CCNc1ncc(C(F)(F)F)cc1Cl)N1CCC(n2cncn2)CC1. The molecule has 0 spiro atoms. The second-order valence-electron chi connectivity index (χ2n) is 6.22. The van der Waals surface area contributed by atoms with Crippen LogP contribution in [0, 0.1) is 0 Å². The van der Waals surface area contributed by atoms with Gasteiger partial charge in [0.1, 0.15) is 18.5 Å². The summed E-state index contributed by atoms with van der Waals surface area (Å²) in [7, 11) is 0. The van der Waals surface area contributed by atoms with Crippen LogP contribution in [0.25, 0.3) is 0 Å². The predicted molar refractivity (Wildman–Crippen MR) is 92.2 cm³/mol. The summed E-state index contributed by atoms with van der Waals surface area (Å²) < 4.78 is 39.6. The Bertz CT molecular complexity index is 775. The van der Waals surface area contributed by atoms with Crippen molar-refractivity contribution < 1.29 is 18.0 Å². The molecule has 0 saturated carbocycles. The van der Waals surface area contributed by atoms with Gasteiger partial charge in [-0.15, -0.1) is 0 Å². The van der Waals surface area contributed by atoms with Crippen molar-refractivity contribution in [1.82, 2.24) is 24.6 Å². The lowest BCUT2D eigenvalue weighted by Crippen LogP contribution is -2.39. The van der Waals surface area contributed by atoms with Gasteiger partial charge in [0.15, 0.2) is 0 Å². The molecular formula is C16H18ClF3N6O. The number of likely N-dealkylation sites (tertiary alicyclic amines) is 1. The van der Waals surface area contributed by atoms with E-state index >= 15 is 0 Å². The topological polar surface area (TPSA) is 75.9 Å². The van der Waals surface area contributed by atoms with Gasteiger partial charge < -0.3 is 10.2 Å². The molecule has 0 unspecified atom stereocenters. The molecule has 0 atom stereocenters. The van der Waals surface area contributed by atoms with Gasteiger partial charge in [-0.2, -0.15) is 18.3 Å². The molecule has 2 aromatic rings. The Balaban J connectivity index is 1.45. The molecule has 3 rings (SSSR count). The summed E-state index contributed by atoms with van der Waals surface area (Å²) in [6.07, 6.45) is 1.18. The number of hydrogen-bond donors (Lipinski definition) is 1. The first-order chi connectivity index (χ1) is 12.8. The van der Waals surface area contributed by atoms with Crippen LogP contribution in [0.15, 0.2) is 24.9 Å². The van der Waals surface area contributed by atoms with Gasteiger partial charge in [0, 0.05) is 32.3 Å². The molecule has 1 amide bonds. The van der Waals surface area contributed by atoms with Crippen molar-refractivity contribution in [2.24, 2.45) is 0 Å². The fourth-order valence-electron chi connectivity index (χ4n) is 2.95. The number of pyridine rings is 1. The minimum atomic E-state index is -4.50. The quantitative estimate of drug-likeness (QED) is 0.832. The highest BCUT2D eigenvalue weighted by Gasteiger charge is 2.31. The number of carbonyl (C=O) groups is 1. The first-order valence-electron chi connectivity index (χ1n) is 8.43. The van der Waals surface area contributed by atoms with Crippen LogP contribution in [-0.2, 0) is 11.0 Å². The Morgan fingerprint density at radius 2 is 2.07 bits per heavy atom. The van der Waals surface area contributed by atoms with Crippen molar-refractivity contribution in [3.05, 3.63) is 35.5 Å². The van der Waals surface area contributed by atoms with Crippen molar-refractivity contribution in [3.63, 3.8) is 0 Å². The Hall–Kier alpha value is -2.36. The van der Waals surface area contributed by atoms with Crippen LogP contribution in [0.4, 0.5) is 19.0 Å². The summed E-state index contributed by atoms with van der Waals surface area (Å²) >= 11 is 5.83. The lowest BCUT2D eigenvalue weighted by molar-refractivity contribution is -0.137. The number of rotatable bonds is 5. The van der Waals surface area contributed by atoms with Crippen molar-refractivity contribution in [2.75, 3.05) is 25.0 Å². The number of amides is 1. The fourth-order valence-corrected chi connectivity index (χ4v) is 3.19. The fraction of sp³-hybridized carbons (Fsp3) is 0.500. The second-order valence-corrected chi connectivity index (χ2v) is 6.62. The monoisotopic (exact) mass is 402 g/mol. The van der Waals surface area contributed by atoms with Crippen molar-refractivity contribution in [3.8, 4) is 0 Å². The van der Waals surface area contributed by atoms with Crippen LogP contribution < -0.4 is 5.32 Å². The molecule has 1 aliphatic rings. The van der Waals surface area contributed by atoms with Crippen LogP contribution >= 0.6 is 11.6 Å². The van der Waals surface area contributed by atoms with Crippen molar-refractivity contribution >= 4 is 23.3 Å². The molecule has 146 valence electrons. The first kappa shape index (κ1) is 19.4. The number of aromatic nitrogens is 4. The maximum absolute atomic E-state index is 12.6. The maximum atomic E-state index is 12.6. The van der Waals surface area contributed by atoms with Gasteiger partial charge in [0.25, 0.3) is 0 Å². The van der Waals surface area contributed by atoms with E-state index in [2.05, 4.69) is 20.4 Å². The molecule has 2 aromatic heterocycles. The van der Waals surface area contributed by atoms with Crippen LogP contribution in [0.5, 0.6) is 0 Å². The summed E-state index contributed by atoms with van der Waals surface area (Å²) in [6, 6.07) is 1.05. The number of halogens is 4. The van der Waals surface area contributed by atoms with Gasteiger partial charge in [-0.05, 0) is 18.9 Å². The van der Waals surface area contributed by atoms with Crippen LogP contribution in [0.2, 0.25) is 5.02 Å². The molecule has 1 aliphatic heterocycles. The average Bonchev–Trinajstić information content (AvgIpc) is 3.17. The number of alkyl halides is 3. The van der Waals surface area contributed by atoms with E-state index in [1.54, 1.807) is 11.2 Å². The normalized spacial score (nSPS) is 15.8. The number of piperidine rings is 1. The van der Waals surface area contributed by atoms with E-state index in [1.165, 1.54) is 6.33 Å². The zero-order valence-corrected chi connectivity index (χ0v) is 15.0. The third-order valence-corrected chi connectivity index (χ3v) is 4.72. The van der Waals surface area contributed by atoms with E-state index in [-0.39, 0.29) is 35.8 Å². The number of hydrogen-bond acceptors (Lipinski definition) is 5. The van der Waals surface area contributed by atoms with E-state index in [0.29, 0.717) is 19.3 Å². The summed E-state index contributed by atoms with van der Waals surface area (Å²) in [5.74, 6) is 0.102. The van der Waals surface area contributed by atoms with Crippen molar-refractivity contribution in [1.29, 1.82) is 0 Å². The summed E-state index contributed by atoms with van der Waals surface area (Å²) in [5, 5.41) is 6.80. The smallest absolute Gasteiger partial charge is 0.368 e. The van der Waals surface area contributed by atoms with Gasteiger partial charge in [-0.1, -0.05) is 11.6 Å². The third kappa shape index (κ3) is 4.88. The summed E-state index contributed by atoms with van der Waals surface area (Å²) in [4.78, 5) is 21.7. The number of anilines is 1. The highest BCUT2D eigenvalue weighted by atomic mass is 35.5. The Morgan fingerprint density at radius 3 is 2.67 bits per heavy atom. The Kier molecular flexibility index (Phi) is 5.83. The maximum Gasteiger partial charge on any atom is 0.417 e. The zero-order chi connectivity index (χ0) is 19.4. The molecule has 27 heavy (non-hydrogen) atoms. The Morgan fingerprint density at radius 1 is 1.33 bits per heavy atom. The van der Waals surface area contributed by atoms with Gasteiger partial charge in [-0.25, -0.2) is 14.6 Å². The number of nitrogens with zero attached hydrogens (tertiary/aromatic N) is 5. The first-order valence-corrected chi connectivity index (χ1v) is 8.81. The second kappa shape index (κ2) is 8.12. The molecule has 0 radical (unpaired) electrons. The lowest BCUT2D eigenvalue weighted by Gasteiger charge is -2.32. The van der Waals surface area contributed by atoms with Gasteiger partial charge in [0.05, 0.1) is 16.6 Å². The molecule has 3 heterocycles. The third-order valence-electron chi connectivity index (χ3n) is 4.43. The molecule has 0 aliphatic carbocycles. The van der Waals surface area contributed by atoms with Crippen LogP contribution in [-0.4, -0.2) is 50.2 Å². The van der Waals surface area contributed by atoms with E-state index in [9.17, 15) is 18.0 Å². The molecule has 1 N–H and O–H groups in total. The lowest BCUT2D eigenvalue weighted by atomic mass is 10.1. The minimum Gasteiger partial charge on any atom is -0.368 e. The van der Waals surface area contributed by atoms with Crippen LogP contribution in [0.3, 0.4) is 0 Å². The van der Waals surface area contributed by atoms with Crippen LogP contribution in [0.1, 0.15) is 30.9 Å². The summed E-state index contributed by atoms with van der Waals surface area (Å²) in [6.45, 7) is 1.49. The van der Waals surface area contributed by atoms with E-state index < -0.39 is 11.7 Å². The Labute approximate surface area is 158 Å². The number of nitrogens with one attached hydrogen (secondary N) is 1. The van der Waals surface area contributed by atoms with E-state index in [0.717, 1.165) is 18.9 Å².